The maximum Gasteiger partial charge on any atom is 0.258 e. The number of fused-ring (bicyclic) bond motifs is 9. The van der Waals surface area contributed by atoms with Crippen molar-refractivity contribution in [1.82, 2.24) is 55.0 Å². The second-order valence-electron chi connectivity index (χ2n) is 15.4. The fraction of sp³-hybridized carbons (Fsp3) is 0.235. The van der Waals surface area contributed by atoms with Gasteiger partial charge in [0.15, 0.2) is 0 Å². The summed E-state index contributed by atoms with van der Waals surface area (Å²) in [4.78, 5) is 75.3. The molecule has 18 nitrogen and oxygen atoms in total. The topological polar surface area (TPSA) is 251 Å². The Kier molecular flexibility index (Phi) is 16.4. The third kappa shape index (κ3) is 10.9. The first-order chi connectivity index (χ1) is 34.6. The predicted molar refractivity (Wildman–Crippen MR) is 282 cm³/mol. The van der Waals surface area contributed by atoms with Crippen LogP contribution in [0.25, 0.3) is 65.0 Å². The van der Waals surface area contributed by atoms with Gasteiger partial charge in [0, 0.05) is 112 Å². The lowest BCUT2D eigenvalue weighted by atomic mass is 10.1. The number of thiazole rings is 1. The van der Waals surface area contributed by atoms with Crippen LogP contribution in [0.15, 0.2) is 111 Å². The van der Waals surface area contributed by atoms with Gasteiger partial charge in [-0.25, -0.2) is 24.3 Å². The Morgan fingerprint density at radius 2 is 1.00 bits per heavy atom. The van der Waals surface area contributed by atoms with E-state index in [0.29, 0.717) is 62.8 Å². The molecule has 0 aliphatic carbocycles. The molecular formula is C51H53FN14O4S. The minimum atomic E-state index is -0.485. The van der Waals surface area contributed by atoms with Gasteiger partial charge in [0.1, 0.15) is 40.6 Å². The van der Waals surface area contributed by atoms with Crippen molar-refractivity contribution in [2.45, 2.75) is 68.5 Å². The number of anilines is 3. The number of hydrogen-bond donors (Lipinski definition) is 6. The Labute approximate surface area is 409 Å². The number of rotatable bonds is 9. The molecule has 71 heavy (non-hydrogen) atoms. The summed E-state index contributed by atoms with van der Waals surface area (Å²) < 4.78 is 17.5. The minimum absolute atomic E-state index is 0.150. The van der Waals surface area contributed by atoms with E-state index in [1.54, 1.807) is 79.4 Å². The molecule has 0 unspecified atom stereocenters. The standard InChI is InChI=1S/C17H15N5O2.C16H13N5OS.C14H13FN4O.2C2H6/c1-9-6-20-17(23)14-13-8-18-4-3-12(13)16(21-15(9)14)19-7-11-5-10(2)24-22-11;1-9-6-20-16(22)13-11-7-17-3-2-10(11)15(21-14(9)13)19-8-12-18-4-5-23-12;1-8-6-18-14(20)11-10-7-16-4-2-9(10)13(17-5-3-15)19-12(8)11;2*1-2/h3-6,8H,7H2,1-2H3,(H,19,21)(H,20,23);2-7H,8H2,1H3,(H,19,21)(H,20,22);2,4,6-7H,3,5H2,1H3,(H,17,19)(H,18,20);2*1-2H3. The second-order valence-corrected chi connectivity index (χ2v) is 16.4. The molecule has 11 aromatic heterocycles. The Bertz CT molecular complexity index is 3800. The van der Waals surface area contributed by atoms with Crippen LogP contribution in [-0.2, 0) is 13.1 Å². The molecule has 11 rings (SSSR count). The summed E-state index contributed by atoms with van der Waals surface area (Å²) in [6.45, 7) is 16.3. The van der Waals surface area contributed by atoms with Crippen LogP contribution < -0.4 is 32.6 Å². The summed E-state index contributed by atoms with van der Waals surface area (Å²) >= 11 is 1.59. The number of aryl methyl sites for hydroxylation is 4. The van der Waals surface area contributed by atoms with Gasteiger partial charge >= 0.3 is 0 Å². The molecule has 0 bridgehead atoms. The summed E-state index contributed by atoms with van der Waals surface area (Å²) in [5.41, 5.74) is 4.91. The first-order valence-electron chi connectivity index (χ1n) is 22.9. The van der Waals surface area contributed by atoms with Gasteiger partial charge in [-0.05, 0) is 62.6 Å². The molecule has 11 heterocycles. The molecule has 0 spiro atoms. The van der Waals surface area contributed by atoms with Gasteiger partial charge in [-0.1, -0.05) is 32.9 Å². The molecule has 20 heteroatoms. The third-order valence-electron chi connectivity index (χ3n) is 10.9. The number of aromatic amines is 3. The van der Waals surface area contributed by atoms with E-state index in [4.69, 9.17) is 4.52 Å². The molecule has 0 atom stereocenters. The Balaban J connectivity index is 0.000000152. The maximum absolute atomic E-state index is 12.4. The number of pyridine rings is 9. The second kappa shape index (κ2) is 23.2. The lowest BCUT2D eigenvalue weighted by molar-refractivity contribution is 0.391. The van der Waals surface area contributed by atoms with Crippen molar-refractivity contribution in [2.24, 2.45) is 0 Å². The normalized spacial score (nSPS) is 10.7. The first-order valence-corrected chi connectivity index (χ1v) is 23.8. The van der Waals surface area contributed by atoms with E-state index >= 15 is 0 Å². The Hall–Kier alpha value is -8.52. The molecule has 0 aromatic carbocycles. The number of halogens is 1. The van der Waals surface area contributed by atoms with Gasteiger partial charge in [0.05, 0.1) is 45.8 Å². The zero-order chi connectivity index (χ0) is 50.6. The molecule has 0 aliphatic heterocycles. The van der Waals surface area contributed by atoms with Crippen LogP contribution >= 0.6 is 11.3 Å². The van der Waals surface area contributed by atoms with E-state index in [1.807, 2.05) is 79.0 Å². The van der Waals surface area contributed by atoms with Crippen LogP contribution in [0.3, 0.4) is 0 Å². The van der Waals surface area contributed by atoms with Crippen LogP contribution in [-0.4, -0.2) is 68.2 Å². The van der Waals surface area contributed by atoms with Gasteiger partial charge in [0.25, 0.3) is 16.7 Å². The van der Waals surface area contributed by atoms with Crippen LogP contribution in [0.4, 0.5) is 21.8 Å². The van der Waals surface area contributed by atoms with E-state index in [-0.39, 0.29) is 23.2 Å². The Morgan fingerprint density at radius 1 is 0.577 bits per heavy atom. The van der Waals surface area contributed by atoms with Crippen molar-refractivity contribution in [3.05, 3.63) is 156 Å². The van der Waals surface area contributed by atoms with E-state index in [2.05, 4.69) is 70.9 Å². The molecule has 0 saturated heterocycles. The molecule has 11 aromatic rings. The molecule has 364 valence electrons. The first kappa shape index (κ1) is 50.4. The Morgan fingerprint density at radius 3 is 1.38 bits per heavy atom. The smallest absolute Gasteiger partial charge is 0.258 e. The van der Waals surface area contributed by atoms with Crippen LogP contribution in [0.5, 0.6) is 0 Å². The van der Waals surface area contributed by atoms with E-state index in [0.717, 1.165) is 65.9 Å². The monoisotopic (exact) mass is 976 g/mol. The summed E-state index contributed by atoms with van der Waals surface area (Å²) in [7, 11) is 0. The van der Waals surface area contributed by atoms with Crippen molar-refractivity contribution in [3.8, 4) is 0 Å². The summed E-state index contributed by atoms with van der Waals surface area (Å²) in [6, 6.07) is 7.35. The number of aromatic nitrogens is 11. The highest BCUT2D eigenvalue weighted by molar-refractivity contribution is 7.09. The van der Waals surface area contributed by atoms with Gasteiger partial charge in [-0.3, -0.25) is 29.3 Å². The lowest BCUT2D eigenvalue weighted by Gasteiger charge is -2.11. The summed E-state index contributed by atoms with van der Waals surface area (Å²) in [6.07, 6.45) is 16.8. The third-order valence-corrected chi connectivity index (χ3v) is 11.6. The predicted octanol–water partition coefficient (Wildman–Crippen LogP) is 9.75. The van der Waals surface area contributed by atoms with Crippen molar-refractivity contribution in [2.75, 3.05) is 29.2 Å². The summed E-state index contributed by atoms with van der Waals surface area (Å²) in [5.74, 6) is 2.75. The number of nitrogens with one attached hydrogen (secondary N) is 6. The molecule has 0 saturated carbocycles. The largest absolute Gasteiger partial charge is 0.367 e. The molecule has 6 N–H and O–H groups in total. The lowest BCUT2D eigenvalue weighted by Crippen LogP contribution is -2.11. The molecule has 0 fully saturated rings. The fourth-order valence-corrected chi connectivity index (χ4v) is 8.26. The number of hydrogen-bond acceptors (Lipinski definition) is 16. The fourth-order valence-electron chi connectivity index (χ4n) is 7.70. The van der Waals surface area contributed by atoms with Gasteiger partial charge in [-0.15, -0.1) is 11.3 Å². The van der Waals surface area contributed by atoms with Crippen molar-refractivity contribution in [3.63, 3.8) is 0 Å². The van der Waals surface area contributed by atoms with Crippen molar-refractivity contribution in [1.29, 1.82) is 0 Å². The summed E-state index contributed by atoms with van der Waals surface area (Å²) in [5, 5.41) is 22.9. The molecule has 0 aliphatic rings. The van der Waals surface area contributed by atoms with Gasteiger partial charge < -0.3 is 35.4 Å². The van der Waals surface area contributed by atoms with Crippen LogP contribution in [0, 0.1) is 27.7 Å². The minimum Gasteiger partial charge on any atom is -0.367 e. The number of H-pyrrole nitrogens is 3. The van der Waals surface area contributed by atoms with Gasteiger partial charge in [0.2, 0.25) is 0 Å². The van der Waals surface area contributed by atoms with Crippen LogP contribution in [0.1, 0.15) is 60.8 Å². The van der Waals surface area contributed by atoms with E-state index < -0.39 is 6.67 Å². The number of alkyl halides is 1. The molecule has 0 radical (unpaired) electrons. The van der Waals surface area contributed by atoms with Gasteiger partial charge in [-0.2, -0.15) is 0 Å². The van der Waals surface area contributed by atoms with Crippen LogP contribution in [0.2, 0.25) is 0 Å². The zero-order valence-electron chi connectivity index (χ0n) is 40.5. The van der Waals surface area contributed by atoms with E-state index in [9.17, 15) is 18.8 Å². The van der Waals surface area contributed by atoms with E-state index in [1.165, 1.54) is 0 Å². The van der Waals surface area contributed by atoms with Crippen molar-refractivity contribution >= 4 is 93.8 Å². The average molecular weight is 977 g/mol. The SMILES string of the molecule is CC.CC.Cc1c[nH]c(=O)c2c1nc(NCCF)c1ccncc12.Cc1c[nH]c(=O)c2c1nc(NCc1nccs1)c1ccncc12.Cc1cc(CNc2nc3c(C)c[nH]c(=O)c3c3cnccc23)no1. The number of nitrogens with zero attached hydrogens (tertiary/aromatic N) is 8. The highest BCUT2D eigenvalue weighted by atomic mass is 32.1. The highest BCUT2D eigenvalue weighted by Gasteiger charge is 2.16. The highest BCUT2D eigenvalue weighted by Crippen LogP contribution is 2.31. The molecule has 0 amide bonds. The van der Waals surface area contributed by atoms with Crippen molar-refractivity contribution < 1.29 is 8.91 Å². The quantitative estimate of drug-likeness (QED) is 0.0737. The zero-order valence-corrected chi connectivity index (χ0v) is 41.3. The maximum atomic E-state index is 12.4. The average Bonchev–Trinajstić information content (AvgIpc) is 4.10. The molecular weight excluding hydrogens is 924 g/mol.